The summed E-state index contributed by atoms with van der Waals surface area (Å²) in [5.74, 6) is -1.04. The molecule has 0 bridgehead atoms. The molecule has 0 aromatic heterocycles. The van der Waals surface area contributed by atoms with Gasteiger partial charge in [-0.25, -0.2) is 0 Å². The highest BCUT2D eigenvalue weighted by molar-refractivity contribution is 5.86. The lowest BCUT2D eigenvalue weighted by atomic mass is 9.48. The predicted molar refractivity (Wildman–Crippen MR) is 89.4 cm³/mol. The molecule has 6 nitrogen and oxygen atoms in total. The number of ether oxygens (including phenoxy) is 2. The van der Waals surface area contributed by atoms with Crippen molar-refractivity contribution in [2.45, 2.75) is 38.6 Å². The van der Waals surface area contributed by atoms with E-state index < -0.39 is 0 Å². The Balaban J connectivity index is 1.94. The molecule has 0 aromatic rings. The summed E-state index contributed by atoms with van der Waals surface area (Å²) in [6, 6.07) is 0. The fourth-order valence-electron chi connectivity index (χ4n) is 5.22. The summed E-state index contributed by atoms with van der Waals surface area (Å²) in [5, 5.41) is 0. The number of carbonyl (C=O) groups is 2. The van der Waals surface area contributed by atoms with Gasteiger partial charge in [0, 0.05) is 18.0 Å². The first-order chi connectivity index (χ1) is 11.6. The predicted octanol–water partition coefficient (Wildman–Crippen LogP) is 1.14. The van der Waals surface area contributed by atoms with E-state index in [-0.39, 0.29) is 35.2 Å². The zero-order valence-electron chi connectivity index (χ0n) is 15.1. The van der Waals surface area contributed by atoms with Crippen LogP contribution in [0.1, 0.15) is 33.1 Å². The van der Waals surface area contributed by atoms with Crippen LogP contribution in [-0.2, 0) is 19.1 Å². The van der Waals surface area contributed by atoms with Gasteiger partial charge in [0.1, 0.15) is 0 Å². The van der Waals surface area contributed by atoms with Crippen LogP contribution in [0.4, 0.5) is 0 Å². The summed E-state index contributed by atoms with van der Waals surface area (Å²) in [7, 11) is 2.09. The van der Waals surface area contributed by atoms with Gasteiger partial charge in [-0.05, 0) is 59.8 Å². The molecule has 0 spiro atoms. The van der Waals surface area contributed by atoms with Crippen molar-refractivity contribution in [1.82, 2.24) is 9.80 Å². The highest BCUT2D eigenvalue weighted by Gasteiger charge is 2.71. The first-order valence-electron chi connectivity index (χ1n) is 9.33. The zero-order valence-corrected chi connectivity index (χ0v) is 15.1. The van der Waals surface area contributed by atoms with Gasteiger partial charge in [-0.2, -0.15) is 0 Å². The van der Waals surface area contributed by atoms with Gasteiger partial charge in [0.2, 0.25) is 0 Å². The van der Waals surface area contributed by atoms with Crippen LogP contribution in [0.2, 0.25) is 0 Å². The topological polar surface area (TPSA) is 59.1 Å². The van der Waals surface area contributed by atoms with Gasteiger partial charge < -0.3 is 14.4 Å². The van der Waals surface area contributed by atoms with Crippen molar-refractivity contribution in [2.24, 2.45) is 17.8 Å². The Morgan fingerprint density at radius 1 is 1.04 bits per heavy atom. The molecule has 0 amide bonds. The summed E-state index contributed by atoms with van der Waals surface area (Å²) >= 11 is 0. The summed E-state index contributed by atoms with van der Waals surface area (Å²) in [6.07, 6.45) is 3.27. The molecule has 24 heavy (non-hydrogen) atoms. The molecule has 3 rings (SSSR count). The van der Waals surface area contributed by atoms with Crippen molar-refractivity contribution >= 4 is 11.9 Å². The monoisotopic (exact) mass is 338 g/mol. The molecule has 3 fully saturated rings. The third kappa shape index (κ3) is 2.64. The number of likely N-dealkylation sites (tertiary alicyclic amines) is 2. The Morgan fingerprint density at radius 2 is 1.67 bits per heavy atom. The van der Waals surface area contributed by atoms with Gasteiger partial charge in [0.25, 0.3) is 0 Å². The van der Waals surface area contributed by atoms with Crippen LogP contribution in [-0.4, -0.2) is 73.7 Å². The van der Waals surface area contributed by atoms with E-state index in [4.69, 9.17) is 9.47 Å². The SMILES string of the molecule is CCOC(=O)C1C2CN(C)CCC2(N2CCCC2)C1C(=O)OCC. The highest BCUT2D eigenvalue weighted by atomic mass is 16.5. The molecule has 1 saturated carbocycles. The van der Waals surface area contributed by atoms with E-state index in [0.717, 1.165) is 32.6 Å². The number of hydrogen-bond acceptors (Lipinski definition) is 6. The minimum atomic E-state index is -0.381. The van der Waals surface area contributed by atoms with Gasteiger partial charge in [-0.3, -0.25) is 14.5 Å². The van der Waals surface area contributed by atoms with Crippen LogP contribution in [0.15, 0.2) is 0 Å². The molecule has 2 heterocycles. The summed E-state index contributed by atoms with van der Waals surface area (Å²) in [5.41, 5.74) is -0.216. The lowest BCUT2D eigenvalue weighted by molar-refractivity contribution is -0.216. The van der Waals surface area contributed by atoms with Gasteiger partial charge >= 0.3 is 11.9 Å². The van der Waals surface area contributed by atoms with Crippen molar-refractivity contribution in [3.63, 3.8) is 0 Å². The average Bonchev–Trinajstić information content (AvgIpc) is 3.05. The first-order valence-corrected chi connectivity index (χ1v) is 9.33. The number of hydrogen-bond donors (Lipinski definition) is 0. The van der Waals surface area contributed by atoms with Crippen LogP contribution in [0.5, 0.6) is 0 Å². The van der Waals surface area contributed by atoms with E-state index in [1.807, 2.05) is 13.8 Å². The van der Waals surface area contributed by atoms with Gasteiger partial charge in [0.05, 0.1) is 25.0 Å². The van der Waals surface area contributed by atoms with Crippen LogP contribution < -0.4 is 0 Å². The van der Waals surface area contributed by atoms with E-state index in [2.05, 4.69) is 16.8 Å². The number of rotatable bonds is 5. The van der Waals surface area contributed by atoms with E-state index in [9.17, 15) is 9.59 Å². The lowest BCUT2D eigenvalue weighted by Gasteiger charge is -2.65. The third-order valence-corrected chi connectivity index (χ3v) is 6.17. The fourth-order valence-corrected chi connectivity index (χ4v) is 5.22. The van der Waals surface area contributed by atoms with E-state index in [1.165, 1.54) is 12.8 Å². The minimum Gasteiger partial charge on any atom is -0.466 e. The van der Waals surface area contributed by atoms with Crippen molar-refractivity contribution in [3.8, 4) is 0 Å². The number of esters is 2. The molecule has 6 heteroatoms. The number of nitrogens with zero attached hydrogens (tertiary/aromatic N) is 2. The Bertz CT molecular complexity index is 491. The van der Waals surface area contributed by atoms with Crippen molar-refractivity contribution in [3.05, 3.63) is 0 Å². The Morgan fingerprint density at radius 3 is 2.29 bits per heavy atom. The molecule has 4 atom stereocenters. The summed E-state index contributed by atoms with van der Waals surface area (Å²) in [4.78, 5) is 30.1. The third-order valence-electron chi connectivity index (χ3n) is 6.17. The number of fused-ring (bicyclic) bond motifs is 1. The smallest absolute Gasteiger partial charge is 0.311 e. The van der Waals surface area contributed by atoms with Gasteiger partial charge in [0.15, 0.2) is 0 Å². The molecular formula is C18H30N2O4. The second-order valence-electron chi connectivity index (χ2n) is 7.31. The molecule has 136 valence electrons. The molecule has 0 radical (unpaired) electrons. The normalized spacial score (nSPS) is 36.7. The molecular weight excluding hydrogens is 308 g/mol. The zero-order chi connectivity index (χ0) is 17.3. The lowest BCUT2D eigenvalue weighted by Crippen LogP contribution is -2.78. The minimum absolute atomic E-state index is 0.155. The standard InChI is InChI=1S/C18H30N2O4/c1-4-23-16(21)14-13-12-19(3)11-8-18(13,20-9-6-7-10-20)15(14)17(22)24-5-2/h13-15H,4-12H2,1-3H3. The molecule has 1 aliphatic carbocycles. The molecule has 2 saturated heterocycles. The highest BCUT2D eigenvalue weighted by Crippen LogP contribution is 2.58. The van der Waals surface area contributed by atoms with Gasteiger partial charge in [-0.15, -0.1) is 0 Å². The first kappa shape index (κ1) is 17.7. The maximum atomic E-state index is 12.8. The summed E-state index contributed by atoms with van der Waals surface area (Å²) < 4.78 is 10.7. The molecule has 3 aliphatic rings. The van der Waals surface area contributed by atoms with E-state index in [0.29, 0.717) is 13.2 Å². The average molecular weight is 338 g/mol. The second kappa shape index (κ2) is 7.00. The van der Waals surface area contributed by atoms with Crippen LogP contribution in [0, 0.1) is 17.8 Å². The second-order valence-corrected chi connectivity index (χ2v) is 7.31. The maximum absolute atomic E-state index is 12.8. The van der Waals surface area contributed by atoms with Crippen LogP contribution >= 0.6 is 0 Å². The van der Waals surface area contributed by atoms with E-state index in [1.54, 1.807) is 0 Å². The van der Waals surface area contributed by atoms with Crippen LogP contribution in [0.25, 0.3) is 0 Å². The maximum Gasteiger partial charge on any atom is 0.311 e. The molecule has 2 aliphatic heterocycles. The molecule has 4 unspecified atom stereocenters. The molecule has 0 N–H and O–H groups in total. The Kier molecular flexibility index (Phi) is 5.16. The quantitative estimate of drug-likeness (QED) is 0.701. The largest absolute Gasteiger partial charge is 0.466 e. The Labute approximate surface area is 144 Å². The van der Waals surface area contributed by atoms with Crippen molar-refractivity contribution in [1.29, 1.82) is 0 Å². The number of piperidine rings is 1. The van der Waals surface area contributed by atoms with Crippen molar-refractivity contribution in [2.75, 3.05) is 46.4 Å². The fraction of sp³-hybridized carbons (Fsp3) is 0.889. The molecule has 0 aromatic carbocycles. The van der Waals surface area contributed by atoms with E-state index >= 15 is 0 Å². The number of carbonyl (C=O) groups excluding carboxylic acids is 2. The van der Waals surface area contributed by atoms with Crippen molar-refractivity contribution < 1.29 is 19.1 Å². The van der Waals surface area contributed by atoms with Crippen LogP contribution in [0.3, 0.4) is 0 Å². The summed E-state index contributed by atoms with van der Waals surface area (Å²) in [6.45, 7) is 8.18. The van der Waals surface area contributed by atoms with Gasteiger partial charge in [-0.1, -0.05) is 0 Å². The Hall–Kier alpha value is -1.14.